The fourth-order valence-electron chi connectivity index (χ4n) is 2.74. The number of hydrogen-bond acceptors (Lipinski definition) is 2. The Morgan fingerprint density at radius 2 is 1.71 bits per heavy atom. The van der Waals surface area contributed by atoms with E-state index < -0.39 is 6.10 Å². The predicted molar refractivity (Wildman–Crippen MR) is 85.7 cm³/mol. The zero-order valence-corrected chi connectivity index (χ0v) is 12.2. The van der Waals surface area contributed by atoms with Gasteiger partial charge in [-0.2, -0.15) is 0 Å². The summed E-state index contributed by atoms with van der Waals surface area (Å²) >= 11 is 0. The van der Waals surface area contributed by atoms with E-state index in [-0.39, 0.29) is 0 Å². The smallest absolute Gasteiger partial charge is 0.121 e. The van der Waals surface area contributed by atoms with Crippen molar-refractivity contribution in [3.8, 4) is 5.75 Å². The molecule has 0 fully saturated rings. The summed E-state index contributed by atoms with van der Waals surface area (Å²) in [6, 6.07) is 19.9. The van der Waals surface area contributed by atoms with Crippen molar-refractivity contribution >= 4 is 10.8 Å². The highest BCUT2D eigenvalue weighted by molar-refractivity contribution is 5.86. The molecule has 3 rings (SSSR count). The van der Waals surface area contributed by atoms with Gasteiger partial charge in [-0.1, -0.05) is 48.5 Å². The molecular weight excluding hydrogens is 260 g/mol. The van der Waals surface area contributed by atoms with Crippen LogP contribution in [0.5, 0.6) is 5.75 Å². The molecule has 3 aromatic rings. The highest BCUT2D eigenvalue weighted by atomic mass is 16.5. The molecule has 1 unspecified atom stereocenters. The third kappa shape index (κ3) is 2.50. The first-order chi connectivity index (χ1) is 10.2. The first-order valence-electron chi connectivity index (χ1n) is 7.01. The molecule has 0 aliphatic rings. The maximum Gasteiger partial charge on any atom is 0.121 e. The Morgan fingerprint density at radius 3 is 2.48 bits per heavy atom. The molecule has 3 aromatic carbocycles. The van der Waals surface area contributed by atoms with Crippen molar-refractivity contribution in [2.24, 2.45) is 0 Å². The highest BCUT2D eigenvalue weighted by Crippen LogP contribution is 2.31. The van der Waals surface area contributed by atoms with E-state index in [1.165, 1.54) is 0 Å². The quantitative estimate of drug-likeness (QED) is 0.776. The summed E-state index contributed by atoms with van der Waals surface area (Å²) < 4.78 is 5.27. The Morgan fingerprint density at radius 1 is 0.952 bits per heavy atom. The van der Waals surface area contributed by atoms with Gasteiger partial charge >= 0.3 is 0 Å². The van der Waals surface area contributed by atoms with Gasteiger partial charge in [0.2, 0.25) is 0 Å². The minimum atomic E-state index is -0.638. The van der Waals surface area contributed by atoms with Crippen LogP contribution in [-0.2, 0) is 0 Å². The van der Waals surface area contributed by atoms with Crippen LogP contribution in [0.25, 0.3) is 10.8 Å². The van der Waals surface area contributed by atoms with Gasteiger partial charge in [-0.05, 0) is 46.5 Å². The van der Waals surface area contributed by atoms with Crippen molar-refractivity contribution in [1.29, 1.82) is 0 Å². The van der Waals surface area contributed by atoms with Gasteiger partial charge in [0.05, 0.1) is 7.11 Å². The minimum Gasteiger partial charge on any atom is -0.496 e. The number of aliphatic hydroxyl groups excluding tert-OH is 1. The summed E-state index contributed by atoms with van der Waals surface area (Å²) in [7, 11) is 1.66. The minimum absolute atomic E-state index is 0.638. The molecule has 0 radical (unpaired) electrons. The van der Waals surface area contributed by atoms with Gasteiger partial charge in [-0.15, -0.1) is 0 Å². The lowest BCUT2D eigenvalue weighted by molar-refractivity contribution is 0.221. The van der Waals surface area contributed by atoms with E-state index in [0.717, 1.165) is 33.2 Å². The number of aryl methyl sites for hydroxylation is 1. The van der Waals surface area contributed by atoms with E-state index in [1.54, 1.807) is 7.11 Å². The molecule has 0 spiro atoms. The summed E-state index contributed by atoms with van der Waals surface area (Å²) in [6.45, 7) is 1.98. The van der Waals surface area contributed by atoms with Crippen LogP contribution in [0.4, 0.5) is 0 Å². The largest absolute Gasteiger partial charge is 0.496 e. The van der Waals surface area contributed by atoms with Crippen LogP contribution in [0, 0.1) is 6.92 Å². The van der Waals surface area contributed by atoms with Crippen LogP contribution in [0.1, 0.15) is 22.8 Å². The summed E-state index contributed by atoms with van der Waals surface area (Å²) in [5.74, 6) is 0.837. The first-order valence-corrected chi connectivity index (χ1v) is 7.01. The van der Waals surface area contributed by atoms with Crippen molar-refractivity contribution in [3.63, 3.8) is 0 Å². The monoisotopic (exact) mass is 278 g/mol. The summed E-state index contributed by atoms with van der Waals surface area (Å²) in [6.07, 6.45) is -0.638. The van der Waals surface area contributed by atoms with Crippen molar-refractivity contribution < 1.29 is 9.84 Å². The predicted octanol–water partition coefficient (Wildman–Crippen LogP) is 4.24. The Balaban J connectivity index is 2.08. The Hall–Kier alpha value is -2.32. The van der Waals surface area contributed by atoms with E-state index >= 15 is 0 Å². The zero-order chi connectivity index (χ0) is 14.8. The molecule has 0 heterocycles. The normalized spacial score (nSPS) is 12.3. The second-order valence-electron chi connectivity index (χ2n) is 5.20. The lowest BCUT2D eigenvalue weighted by Gasteiger charge is -2.16. The molecule has 0 aliphatic heterocycles. The fourth-order valence-corrected chi connectivity index (χ4v) is 2.74. The number of ether oxygens (including phenoxy) is 1. The van der Waals surface area contributed by atoms with Crippen LogP contribution in [-0.4, -0.2) is 12.2 Å². The number of hydrogen-bond donors (Lipinski definition) is 1. The summed E-state index contributed by atoms with van der Waals surface area (Å²) in [5.41, 5.74) is 2.83. The molecule has 0 saturated heterocycles. The molecule has 0 aromatic heterocycles. The Bertz CT molecular complexity index is 772. The lowest BCUT2D eigenvalue weighted by Crippen LogP contribution is -2.01. The van der Waals surface area contributed by atoms with E-state index in [4.69, 9.17) is 4.74 Å². The molecular formula is C19H18O2. The van der Waals surface area contributed by atoms with Gasteiger partial charge < -0.3 is 9.84 Å². The van der Waals surface area contributed by atoms with Crippen molar-refractivity contribution in [2.75, 3.05) is 7.11 Å². The van der Waals surface area contributed by atoms with E-state index in [1.807, 2.05) is 55.5 Å². The lowest BCUT2D eigenvalue weighted by atomic mass is 9.95. The number of benzene rings is 3. The van der Waals surface area contributed by atoms with Gasteiger partial charge in [0.25, 0.3) is 0 Å². The molecule has 0 bridgehead atoms. The van der Waals surface area contributed by atoms with Crippen molar-refractivity contribution in [1.82, 2.24) is 0 Å². The Labute approximate surface area is 124 Å². The molecule has 2 heteroatoms. The molecule has 106 valence electrons. The standard InChI is InChI=1S/C19H18O2/c1-13-12-15(10-11-18(13)21-2)19(20)17-9-5-7-14-6-3-4-8-16(14)17/h3-12,19-20H,1-2H3. The maximum atomic E-state index is 10.7. The summed E-state index contributed by atoms with van der Waals surface area (Å²) in [5, 5.41) is 13.0. The molecule has 1 N–H and O–H groups in total. The molecule has 21 heavy (non-hydrogen) atoms. The van der Waals surface area contributed by atoms with Gasteiger partial charge in [0, 0.05) is 0 Å². The molecule has 2 nitrogen and oxygen atoms in total. The van der Waals surface area contributed by atoms with E-state index in [9.17, 15) is 5.11 Å². The number of rotatable bonds is 3. The molecule has 0 saturated carbocycles. The second-order valence-corrected chi connectivity index (χ2v) is 5.20. The average Bonchev–Trinajstić information content (AvgIpc) is 2.53. The topological polar surface area (TPSA) is 29.5 Å². The van der Waals surface area contributed by atoms with Gasteiger partial charge in [0.1, 0.15) is 11.9 Å². The van der Waals surface area contributed by atoms with Crippen LogP contribution in [0.2, 0.25) is 0 Å². The Kier molecular flexibility index (Phi) is 3.63. The van der Waals surface area contributed by atoms with Crippen molar-refractivity contribution in [2.45, 2.75) is 13.0 Å². The SMILES string of the molecule is COc1ccc(C(O)c2cccc3ccccc23)cc1C. The summed E-state index contributed by atoms with van der Waals surface area (Å²) in [4.78, 5) is 0. The zero-order valence-electron chi connectivity index (χ0n) is 12.2. The van der Waals surface area contributed by atoms with Crippen LogP contribution in [0.15, 0.2) is 60.7 Å². The van der Waals surface area contributed by atoms with Gasteiger partial charge in [-0.25, -0.2) is 0 Å². The maximum absolute atomic E-state index is 10.7. The highest BCUT2D eigenvalue weighted by Gasteiger charge is 2.14. The third-order valence-electron chi connectivity index (χ3n) is 3.85. The average molecular weight is 278 g/mol. The number of aliphatic hydroxyl groups is 1. The third-order valence-corrected chi connectivity index (χ3v) is 3.85. The van der Waals surface area contributed by atoms with Crippen LogP contribution < -0.4 is 4.74 Å². The second kappa shape index (κ2) is 5.58. The van der Waals surface area contributed by atoms with Crippen LogP contribution in [0.3, 0.4) is 0 Å². The fraction of sp³-hybridized carbons (Fsp3) is 0.158. The number of methoxy groups -OCH3 is 1. The molecule has 0 aliphatic carbocycles. The first kappa shape index (κ1) is 13.7. The van der Waals surface area contributed by atoms with E-state index in [2.05, 4.69) is 12.1 Å². The molecule has 1 atom stereocenters. The van der Waals surface area contributed by atoms with Crippen molar-refractivity contribution in [3.05, 3.63) is 77.4 Å². The van der Waals surface area contributed by atoms with Gasteiger partial charge in [0.15, 0.2) is 0 Å². The molecule has 0 amide bonds. The van der Waals surface area contributed by atoms with Crippen LogP contribution >= 0.6 is 0 Å². The van der Waals surface area contributed by atoms with E-state index in [0.29, 0.717) is 0 Å². The number of fused-ring (bicyclic) bond motifs is 1. The van der Waals surface area contributed by atoms with Gasteiger partial charge in [-0.3, -0.25) is 0 Å².